The molecular formula is C17H18N2O2. The first-order chi connectivity index (χ1) is 10.0. The Morgan fingerprint density at radius 1 is 1.19 bits per heavy atom. The molecule has 1 amide bonds. The molecule has 0 heterocycles. The summed E-state index contributed by atoms with van der Waals surface area (Å²) in [5.74, 6) is 0.211. The Hall–Kier alpha value is -2.49. The minimum Gasteiger partial charge on any atom is -0.508 e. The van der Waals surface area contributed by atoms with Crippen LogP contribution in [0.3, 0.4) is 0 Å². The van der Waals surface area contributed by atoms with Crippen LogP contribution in [-0.2, 0) is 10.2 Å². The van der Waals surface area contributed by atoms with Crippen molar-refractivity contribution in [2.75, 3.05) is 17.7 Å². The van der Waals surface area contributed by atoms with Crippen molar-refractivity contribution in [3.05, 3.63) is 54.1 Å². The summed E-state index contributed by atoms with van der Waals surface area (Å²) in [7, 11) is 1.74. The van der Waals surface area contributed by atoms with Crippen LogP contribution >= 0.6 is 0 Å². The molecule has 0 spiro atoms. The first-order valence-corrected chi connectivity index (χ1v) is 6.96. The molecule has 1 fully saturated rings. The second-order valence-corrected chi connectivity index (χ2v) is 5.59. The van der Waals surface area contributed by atoms with E-state index in [-0.39, 0.29) is 11.7 Å². The van der Waals surface area contributed by atoms with Gasteiger partial charge in [-0.05, 0) is 42.7 Å². The Labute approximate surface area is 123 Å². The minimum absolute atomic E-state index is 0.0536. The van der Waals surface area contributed by atoms with Crippen LogP contribution in [-0.4, -0.2) is 18.1 Å². The molecule has 0 saturated heterocycles. The number of nitrogens with zero attached hydrogens (tertiary/aromatic N) is 1. The molecule has 0 bridgehead atoms. The van der Waals surface area contributed by atoms with Crippen molar-refractivity contribution in [1.29, 1.82) is 0 Å². The molecule has 3 N–H and O–H groups in total. The molecule has 0 radical (unpaired) electrons. The second-order valence-electron chi connectivity index (χ2n) is 5.59. The van der Waals surface area contributed by atoms with Crippen LogP contribution in [0, 0.1) is 0 Å². The lowest BCUT2D eigenvalue weighted by Gasteiger charge is -2.24. The molecule has 0 aromatic heterocycles. The van der Waals surface area contributed by atoms with Gasteiger partial charge in [-0.3, -0.25) is 4.79 Å². The fraction of sp³-hybridized carbons (Fsp3) is 0.235. The van der Waals surface area contributed by atoms with E-state index in [1.807, 2.05) is 30.3 Å². The number of benzene rings is 2. The van der Waals surface area contributed by atoms with E-state index in [1.54, 1.807) is 30.1 Å². The number of likely N-dealkylation sites (N-methyl/N-ethyl adjacent to an activating group) is 1. The Bertz CT molecular complexity index is 675. The van der Waals surface area contributed by atoms with Crippen molar-refractivity contribution in [2.24, 2.45) is 0 Å². The first kappa shape index (κ1) is 13.5. The number of aromatic hydroxyl groups is 1. The van der Waals surface area contributed by atoms with E-state index < -0.39 is 5.41 Å². The number of nitrogen functional groups attached to an aromatic ring is 1. The monoisotopic (exact) mass is 282 g/mol. The molecule has 4 nitrogen and oxygen atoms in total. The van der Waals surface area contributed by atoms with Crippen LogP contribution in [0.5, 0.6) is 5.75 Å². The fourth-order valence-corrected chi connectivity index (χ4v) is 2.69. The molecule has 3 rings (SSSR count). The first-order valence-electron chi connectivity index (χ1n) is 6.96. The Morgan fingerprint density at radius 2 is 1.86 bits per heavy atom. The van der Waals surface area contributed by atoms with Crippen molar-refractivity contribution in [2.45, 2.75) is 18.3 Å². The summed E-state index contributed by atoms with van der Waals surface area (Å²) < 4.78 is 0. The maximum absolute atomic E-state index is 12.8. The zero-order valence-electron chi connectivity index (χ0n) is 11.9. The number of hydrogen-bond acceptors (Lipinski definition) is 3. The molecule has 0 unspecified atom stereocenters. The number of anilines is 2. The van der Waals surface area contributed by atoms with Crippen molar-refractivity contribution in [1.82, 2.24) is 0 Å². The smallest absolute Gasteiger partial charge is 0.237 e. The summed E-state index contributed by atoms with van der Waals surface area (Å²) >= 11 is 0. The summed E-state index contributed by atoms with van der Waals surface area (Å²) in [4.78, 5) is 14.5. The second kappa shape index (κ2) is 4.81. The normalized spacial score (nSPS) is 15.5. The third-order valence-corrected chi connectivity index (χ3v) is 4.14. The van der Waals surface area contributed by atoms with Crippen molar-refractivity contribution >= 4 is 17.3 Å². The van der Waals surface area contributed by atoms with E-state index >= 15 is 0 Å². The summed E-state index contributed by atoms with van der Waals surface area (Å²) in [6.07, 6.45) is 1.69. The molecule has 1 aliphatic carbocycles. The van der Waals surface area contributed by atoms with Gasteiger partial charge in [-0.15, -0.1) is 0 Å². The highest BCUT2D eigenvalue weighted by Crippen LogP contribution is 2.50. The number of carbonyl (C=O) groups excluding carboxylic acids is 1. The molecule has 4 heteroatoms. The van der Waals surface area contributed by atoms with E-state index in [0.717, 1.165) is 18.4 Å². The maximum Gasteiger partial charge on any atom is 0.237 e. The van der Waals surface area contributed by atoms with Crippen LogP contribution < -0.4 is 10.6 Å². The van der Waals surface area contributed by atoms with Gasteiger partial charge in [0.1, 0.15) is 5.75 Å². The standard InChI is InChI=1S/C17H18N2O2/c1-19(14-3-2-4-15(20)11-14)16(21)17(9-10-17)12-5-7-13(18)8-6-12/h2-8,11,20H,9-10,18H2,1H3. The Morgan fingerprint density at radius 3 is 2.43 bits per heavy atom. The molecular weight excluding hydrogens is 264 g/mol. The van der Waals surface area contributed by atoms with Gasteiger partial charge in [0.15, 0.2) is 0 Å². The van der Waals surface area contributed by atoms with Crippen molar-refractivity contribution in [3.8, 4) is 5.75 Å². The quantitative estimate of drug-likeness (QED) is 0.851. The van der Waals surface area contributed by atoms with E-state index in [0.29, 0.717) is 11.4 Å². The summed E-state index contributed by atoms with van der Waals surface area (Å²) in [6.45, 7) is 0. The van der Waals surface area contributed by atoms with E-state index in [4.69, 9.17) is 5.73 Å². The highest BCUT2D eigenvalue weighted by molar-refractivity contribution is 6.03. The molecule has 2 aromatic rings. The lowest BCUT2D eigenvalue weighted by molar-refractivity contribution is -0.120. The lowest BCUT2D eigenvalue weighted by atomic mass is 9.94. The van der Waals surface area contributed by atoms with Crippen LogP contribution in [0.2, 0.25) is 0 Å². The third-order valence-electron chi connectivity index (χ3n) is 4.14. The lowest BCUT2D eigenvalue weighted by Crippen LogP contribution is -2.36. The number of phenols is 1. The van der Waals surface area contributed by atoms with Gasteiger partial charge in [0.05, 0.1) is 5.41 Å². The number of hydrogen-bond donors (Lipinski definition) is 2. The van der Waals surface area contributed by atoms with E-state index in [2.05, 4.69) is 0 Å². The molecule has 0 atom stereocenters. The van der Waals surface area contributed by atoms with Gasteiger partial charge in [-0.2, -0.15) is 0 Å². The molecule has 0 aliphatic heterocycles. The maximum atomic E-state index is 12.8. The van der Waals surface area contributed by atoms with Crippen LogP contribution in [0.1, 0.15) is 18.4 Å². The van der Waals surface area contributed by atoms with Gasteiger partial charge < -0.3 is 15.7 Å². The van der Waals surface area contributed by atoms with Crippen molar-refractivity contribution in [3.63, 3.8) is 0 Å². The molecule has 2 aromatic carbocycles. The molecule has 108 valence electrons. The number of phenolic OH excluding ortho intramolecular Hbond substituents is 1. The van der Waals surface area contributed by atoms with Crippen LogP contribution in [0.15, 0.2) is 48.5 Å². The number of amides is 1. The Balaban J connectivity index is 1.89. The third kappa shape index (κ3) is 2.33. The predicted octanol–water partition coefficient (Wildman–Crippen LogP) is 2.67. The Kier molecular flexibility index (Phi) is 3.09. The highest BCUT2D eigenvalue weighted by Gasteiger charge is 2.52. The van der Waals surface area contributed by atoms with E-state index in [1.165, 1.54) is 0 Å². The number of carbonyl (C=O) groups is 1. The number of rotatable bonds is 3. The van der Waals surface area contributed by atoms with Gasteiger partial charge in [0.2, 0.25) is 5.91 Å². The molecule has 21 heavy (non-hydrogen) atoms. The predicted molar refractivity (Wildman–Crippen MR) is 83.3 cm³/mol. The minimum atomic E-state index is -0.437. The van der Waals surface area contributed by atoms with E-state index in [9.17, 15) is 9.90 Å². The van der Waals surface area contributed by atoms with Gasteiger partial charge >= 0.3 is 0 Å². The van der Waals surface area contributed by atoms with Gasteiger partial charge in [0.25, 0.3) is 0 Å². The number of nitrogens with two attached hydrogens (primary N) is 1. The highest BCUT2D eigenvalue weighted by atomic mass is 16.3. The average Bonchev–Trinajstić information content (AvgIpc) is 3.28. The van der Waals surface area contributed by atoms with Gasteiger partial charge in [-0.1, -0.05) is 18.2 Å². The fourth-order valence-electron chi connectivity index (χ4n) is 2.69. The van der Waals surface area contributed by atoms with Crippen LogP contribution in [0.4, 0.5) is 11.4 Å². The molecule has 1 saturated carbocycles. The van der Waals surface area contributed by atoms with Crippen LogP contribution in [0.25, 0.3) is 0 Å². The van der Waals surface area contributed by atoms with Crippen molar-refractivity contribution < 1.29 is 9.90 Å². The average molecular weight is 282 g/mol. The SMILES string of the molecule is CN(C(=O)C1(c2ccc(N)cc2)CC1)c1cccc(O)c1. The summed E-state index contributed by atoms with van der Waals surface area (Å²) in [5, 5.41) is 9.56. The largest absolute Gasteiger partial charge is 0.508 e. The van der Waals surface area contributed by atoms with Gasteiger partial charge in [-0.25, -0.2) is 0 Å². The zero-order chi connectivity index (χ0) is 15.0. The topological polar surface area (TPSA) is 66.6 Å². The summed E-state index contributed by atoms with van der Waals surface area (Å²) in [6, 6.07) is 14.3. The summed E-state index contributed by atoms with van der Waals surface area (Å²) in [5.41, 5.74) is 7.68. The molecule has 1 aliphatic rings. The van der Waals surface area contributed by atoms with Gasteiger partial charge in [0, 0.05) is 24.5 Å². The zero-order valence-corrected chi connectivity index (χ0v) is 11.9.